The molecule has 2 aromatic carbocycles. The standard InChI is InChI=1S/C17H13NO2S/c19-15-8-6-14(7-9-15)18-17(20)13-4-1-3-12(11-13)16-5-2-10-21-16/h1-11,19H,(H,18,20). The van der Waals surface area contributed by atoms with Crippen molar-refractivity contribution in [3.63, 3.8) is 0 Å². The van der Waals surface area contributed by atoms with Gasteiger partial charge < -0.3 is 10.4 Å². The van der Waals surface area contributed by atoms with Gasteiger partial charge in [0.15, 0.2) is 0 Å². The lowest BCUT2D eigenvalue weighted by Crippen LogP contribution is -2.11. The topological polar surface area (TPSA) is 49.3 Å². The Balaban J connectivity index is 1.81. The van der Waals surface area contributed by atoms with E-state index in [2.05, 4.69) is 5.32 Å². The number of carbonyl (C=O) groups is 1. The number of benzene rings is 2. The van der Waals surface area contributed by atoms with Crippen LogP contribution in [0.25, 0.3) is 10.4 Å². The van der Waals surface area contributed by atoms with Crippen LogP contribution in [0.4, 0.5) is 5.69 Å². The van der Waals surface area contributed by atoms with Crippen LogP contribution in [-0.4, -0.2) is 11.0 Å². The highest BCUT2D eigenvalue weighted by Gasteiger charge is 2.08. The summed E-state index contributed by atoms with van der Waals surface area (Å²) in [5.41, 5.74) is 2.29. The minimum Gasteiger partial charge on any atom is -0.508 e. The fourth-order valence-corrected chi connectivity index (χ4v) is 2.73. The Morgan fingerprint density at radius 3 is 2.52 bits per heavy atom. The van der Waals surface area contributed by atoms with Crippen LogP contribution in [0.5, 0.6) is 5.75 Å². The Morgan fingerprint density at radius 1 is 1.00 bits per heavy atom. The number of thiophene rings is 1. The third-order valence-corrected chi connectivity index (χ3v) is 3.97. The Labute approximate surface area is 126 Å². The molecular weight excluding hydrogens is 282 g/mol. The molecule has 0 aliphatic heterocycles. The molecule has 0 bridgehead atoms. The molecule has 1 amide bonds. The average molecular weight is 295 g/mol. The second-order valence-electron chi connectivity index (χ2n) is 4.56. The van der Waals surface area contributed by atoms with Crippen LogP contribution in [-0.2, 0) is 0 Å². The summed E-state index contributed by atoms with van der Waals surface area (Å²) in [5, 5.41) is 14.1. The zero-order valence-corrected chi connectivity index (χ0v) is 11.9. The van der Waals surface area contributed by atoms with E-state index in [1.54, 1.807) is 29.5 Å². The van der Waals surface area contributed by atoms with E-state index in [0.717, 1.165) is 10.4 Å². The normalized spacial score (nSPS) is 10.3. The summed E-state index contributed by atoms with van der Waals surface area (Å²) in [6.07, 6.45) is 0. The molecule has 4 heteroatoms. The van der Waals surface area contributed by atoms with Crippen molar-refractivity contribution in [1.82, 2.24) is 0 Å². The molecule has 3 rings (SSSR count). The van der Waals surface area contributed by atoms with Gasteiger partial charge >= 0.3 is 0 Å². The molecule has 1 heterocycles. The second kappa shape index (κ2) is 5.81. The van der Waals surface area contributed by atoms with Gasteiger partial charge in [0.1, 0.15) is 5.75 Å². The monoisotopic (exact) mass is 295 g/mol. The lowest BCUT2D eigenvalue weighted by molar-refractivity contribution is 0.102. The first-order chi connectivity index (χ1) is 10.2. The van der Waals surface area contributed by atoms with Crippen LogP contribution in [0.1, 0.15) is 10.4 Å². The van der Waals surface area contributed by atoms with Crippen molar-refractivity contribution in [1.29, 1.82) is 0 Å². The van der Waals surface area contributed by atoms with Crippen molar-refractivity contribution in [3.05, 3.63) is 71.6 Å². The van der Waals surface area contributed by atoms with Crippen LogP contribution in [0.15, 0.2) is 66.0 Å². The maximum Gasteiger partial charge on any atom is 0.255 e. The molecule has 0 unspecified atom stereocenters. The lowest BCUT2D eigenvalue weighted by atomic mass is 10.1. The molecule has 0 saturated heterocycles. The molecule has 0 radical (unpaired) electrons. The summed E-state index contributed by atoms with van der Waals surface area (Å²) >= 11 is 1.64. The molecule has 1 aromatic heterocycles. The molecule has 0 aliphatic carbocycles. The van der Waals surface area contributed by atoms with Crippen molar-refractivity contribution in [2.75, 3.05) is 5.32 Å². The Kier molecular flexibility index (Phi) is 3.71. The number of hydrogen-bond donors (Lipinski definition) is 2. The molecule has 2 N–H and O–H groups in total. The van der Waals surface area contributed by atoms with Crippen molar-refractivity contribution < 1.29 is 9.90 Å². The Bertz CT molecular complexity index is 749. The van der Waals surface area contributed by atoms with Gasteiger partial charge in [-0.3, -0.25) is 4.79 Å². The average Bonchev–Trinajstić information content (AvgIpc) is 3.04. The number of amides is 1. The van der Waals surface area contributed by atoms with Crippen molar-refractivity contribution in [2.45, 2.75) is 0 Å². The molecule has 0 atom stereocenters. The molecule has 0 aliphatic rings. The maximum atomic E-state index is 12.3. The quantitative estimate of drug-likeness (QED) is 0.705. The molecule has 104 valence electrons. The number of anilines is 1. The van der Waals surface area contributed by atoms with Crippen molar-refractivity contribution >= 4 is 22.9 Å². The van der Waals surface area contributed by atoms with E-state index in [0.29, 0.717) is 11.3 Å². The Morgan fingerprint density at radius 2 is 1.81 bits per heavy atom. The molecular formula is C17H13NO2S. The van der Waals surface area contributed by atoms with Crippen LogP contribution in [0, 0.1) is 0 Å². The van der Waals surface area contributed by atoms with E-state index in [-0.39, 0.29) is 11.7 Å². The highest BCUT2D eigenvalue weighted by molar-refractivity contribution is 7.13. The number of hydrogen-bond acceptors (Lipinski definition) is 3. The molecule has 3 nitrogen and oxygen atoms in total. The van der Waals surface area contributed by atoms with E-state index in [1.807, 2.05) is 35.7 Å². The third kappa shape index (κ3) is 3.12. The van der Waals surface area contributed by atoms with Gasteiger partial charge in [0.2, 0.25) is 0 Å². The van der Waals surface area contributed by atoms with E-state index in [4.69, 9.17) is 0 Å². The summed E-state index contributed by atoms with van der Waals surface area (Å²) < 4.78 is 0. The summed E-state index contributed by atoms with van der Waals surface area (Å²) in [5.74, 6) is 0.00628. The second-order valence-corrected chi connectivity index (χ2v) is 5.51. The van der Waals surface area contributed by atoms with Gasteiger partial charge in [-0.1, -0.05) is 18.2 Å². The predicted molar refractivity (Wildman–Crippen MR) is 85.8 cm³/mol. The van der Waals surface area contributed by atoms with E-state index < -0.39 is 0 Å². The lowest BCUT2D eigenvalue weighted by Gasteiger charge is -2.06. The number of carbonyl (C=O) groups excluding carboxylic acids is 1. The predicted octanol–water partition coefficient (Wildman–Crippen LogP) is 4.37. The van der Waals surface area contributed by atoms with E-state index in [9.17, 15) is 9.90 Å². The van der Waals surface area contributed by atoms with E-state index in [1.165, 1.54) is 12.1 Å². The van der Waals surface area contributed by atoms with Crippen LogP contribution < -0.4 is 5.32 Å². The molecule has 3 aromatic rings. The Hall–Kier alpha value is -2.59. The summed E-state index contributed by atoms with van der Waals surface area (Å²) in [4.78, 5) is 13.4. The van der Waals surface area contributed by atoms with Crippen LogP contribution in [0.3, 0.4) is 0 Å². The number of nitrogens with one attached hydrogen (secondary N) is 1. The number of rotatable bonds is 3. The fraction of sp³-hybridized carbons (Fsp3) is 0. The molecule has 21 heavy (non-hydrogen) atoms. The largest absolute Gasteiger partial charge is 0.508 e. The van der Waals surface area contributed by atoms with Crippen molar-refractivity contribution in [3.8, 4) is 16.2 Å². The smallest absolute Gasteiger partial charge is 0.255 e. The van der Waals surface area contributed by atoms with Gasteiger partial charge in [0, 0.05) is 16.1 Å². The molecule has 0 saturated carbocycles. The van der Waals surface area contributed by atoms with Crippen LogP contribution >= 0.6 is 11.3 Å². The highest BCUT2D eigenvalue weighted by Crippen LogP contribution is 2.25. The maximum absolute atomic E-state index is 12.3. The number of phenolic OH excluding ortho intramolecular Hbond substituents is 1. The highest BCUT2D eigenvalue weighted by atomic mass is 32.1. The zero-order valence-electron chi connectivity index (χ0n) is 11.1. The van der Waals surface area contributed by atoms with Gasteiger partial charge in [-0.25, -0.2) is 0 Å². The van der Waals surface area contributed by atoms with Crippen LogP contribution in [0.2, 0.25) is 0 Å². The van der Waals surface area contributed by atoms with Gasteiger partial charge in [0.25, 0.3) is 5.91 Å². The summed E-state index contributed by atoms with van der Waals surface area (Å²) in [7, 11) is 0. The summed E-state index contributed by atoms with van der Waals surface area (Å²) in [6, 6.07) is 17.9. The first-order valence-electron chi connectivity index (χ1n) is 6.47. The molecule has 0 fully saturated rings. The number of phenols is 1. The first-order valence-corrected chi connectivity index (χ1v) is 7.35. The van der Waals surface area contributed by atoms with E-state index >= 15 is 0 Å². The third-order valence-electron chi connectivity index (χ3n) is 3.06. The zero-order chi connectivity index (χ0) is 14.7. The first kappa shape index (κ1) is 13.4. The van der Waals surface area contributed by atoms with Gasteiger partial charge in [0.05, 0.1) is 0 Å². The van der Waals surface area contributed by atoms with Gasteiger partial charge in [-0.05, 0) is 53.4 Å². The minimum absolute atomic E-state index is 0.168. The molecule has 0 spiro atoms. The fourth-order valence-electron chi connectivity index (χ4n) is 2.00. The van der Waals surface area contributed by atoms with Gasteiger partial charge in [-0.2, -0.15) is 0 Å². The summed E-state index contributed by atoms with van der Waals surface area (Å²) in [6.45, 7) is 0. The van der Waals surface area contributed by atoms with Gasteiger partial charge in [-0.15, -0.1) is 11.3 Å². The number of aromatic hydroxyl groups is 1. The minimum atomic E-state index is -0.168. The SMILES string of the molecule is O=C(Nc1ccc(O)cc1)c1cccc(-c2cccs2)c1. The van der Waals surface area contributed by atoms with Crippen molar-refractivity contribution in [2.24, 2.45) is 0 Å².